The van der Waals surface area contributed by atoms with E-state index in [1.54, 1.807) is 6.92 Å². The average Bonchev–Trinajstić information content (AvgIpc) is 2.17. The first-order valence-electron chi connectivity index (χ1n) is 4.51. The molecule has 0 aliphatic heterocycles. The Morgan fingerprint density at radius 1 is 1.40 bits per heavy atom. The Labute approximate surface area is 87.4 Å². The third-order valence-electron chi connectivity index (χ3n) is 1.73. The molecule has 0 unspecified atom stereocenters. The fourth-order valence-corrected chi connectivity index (χ4v) is 1.05. The quantitative estimate of drug-likeness (QED) is 0.585. The van der Waals surface area contributed by atoms with Gasteiger partial charge in [-0.25, -0.2) is 4.79 Å². The van der Waals surface area contributed by atoms with E-state index in [4.69, 9.17) is 0 Å². The van der Waals surface area contributed by atoms with Gasteiger partial charge in [0.05, 0.1) is 12.2 Å². The van der Waals surface area contributed by atoms with Crippen LogP contribution in [-0.4, -0.2) is 22.8 Å². The summed E-state index contributed by atoms with van der Waals surface area (Å²) in [5.74, 6) is -0.689. The van der Waals surface area contributed by atoms with Crippen LogP contribution >= 0.6 is 0 Å². The average molecular weight is 208 g/mol. The molecule has 0 saturated carbocycles. The maximum Gasteiger partial charge on any atom is 0.330 e. The van der Waals surface area contributed by atoms with Gasteiger partial charge in [-0.3, -0.25) is 0 Å². The Morgan fingerprint density at radius 2 is 2.00 bits per heavy atom. The second-order valence-electron chi connectivity index (χ2n) is 2.80. The number of hydrogen-bond acceptors (Lipinski definition) is 4. The van der Waals surface area contributed by atoms with Crippen LogP contribution in [0.2, 0.25) is 0 Å². The first-order valence-corrected chi connectivity index (χ1v) is 4.51. The lowest BCUT2D eigenvalue weighted by Crippen LogP contribution is -1.98. The summed E-state index contributed by atoms with van der Waals surface area (Å²) < 4.78 is 4.65. The Hall–Kier alpha value is -1.97. The molecule has 0 atom stereocenters. The Bertz CT molecular complexity index is 362. The molecule has 0 spiro atoms. The highest BCUT2D eigenvalue weighted by Gasteiger charge is 2.03. The van der Waals surface area contributed by atoms with Gasteiger partial charge in [0.25, 0.3) is 0 Å². The number of aromatic hydroxyl groups is 2. The zero-order valence-corrected chi connectivity index (χ0v) is 8.30. The van der Waals surface area contributed by atoms with Gasteiger partial charge in [-0.2, -0.15) is 0 Å². The van der Waals surface area contributed by atoms with Crippen LogP contribution in [-0.2, 0) is 9.53 Å². The van der Waals surface area contributed by atoms with E-state index in [1.165, 1.54) is 24.3 Å². The van der Waals surface area contributed by atoms with E-state index in [9.17, 15) is 15.0 Å². The molecule has 15 heavy (non-hydrogen) atoms. The highest BCUT2D eigenvalue weighted by Crippen LogP contribution is 2.27. The molecular formula is C11H12O4. The van der Waals surface area contributed by atoms with Crippen molar-refractivity contribution < 1.29 is 19.7 Å². The lowest BCUT2D eigenvalue weighted by atomic mass is 10.1. The van der Waals surface area contributed by atoms with E-state index in [0.717, 1.165) is 6.08 Å². The van der Waals surface area contributed by atoms with E-state index in [1.807, 2.05) is 0 Å². The summed E-state index contributed by atoms with van der Waals surface area (Å²) in [4.78, 5) is 11.0. The Balaban J connectivity index is 2.84. The highest BCUT2D eigenvalue weighted by atomic mass is 16.5. The molecule has 0 radical (unpaired) electrons. The number of hydrogen-bond donors (Lipinski definition) is 2. The molecule has 0 aliphatic rings. The molecule has 80 valence electrons. The fourth-order valence-electron chi connectivity index (χ4n) is 1.05. The number of ether oxygens (including phenoxy) is 1. The molecule has 4 nitrogen and oxygen atoms in total. The van der Waals surface area contributed by atoms with Crippen LogP contribution in [0, 0.1) is 0 Å². The summed E-state index contributed by atoms with van der Waals surface area (Å²) in [5.41, 5.74) is 0.200. The number of benzene rings is 1. The second kappa shape index (κ2) is 5.05. The smallest absolute Gasteiger partial charge is 0.330 e. The summed E-state index contributed by atoms with van der Waals surface area (Å²) in [6, 6.07) is 4.35. The normalized spacial score (nSPS) is 10.5. The third kappa shape index (κ3) is 3.02. The molecule has 4 heteroatoms. The second-order valence-corrected chi connectivity index (χ2v) is 2.80. The molecule has 1 rings (SSSR count). The monoisotopic (exact) mass is 208 g/mol. The van der Waals surface area contributed by atoms with E-state index in [-0.39, 0.29) is 23.7 Å². The Kier molecular flexibility index (Phi) is 3.74. The molecule has 1 aromatic rings. The van der Waals surface area contributed by atoms with E-state index < -0.39 is 5.97 Å². The fraction of sp³-hybridized carbons (Fsp3) is 0.182. The van der Waals surface area contributed by atoms with Crippen LogP contribution < -0.4 is 0 Å². The van der Waals surface area contributed by atoms with Gasteiger partial charge in [-0.05, 0) is 25.1 Å². The van der Waals surface area contributed by atoms with Crippen LogP contribution in [0.1, 0.15) is 12.5 Å². The number of phenolic OH excluding ortho intramolecular Hbond substituents is 2. The molecule has 0 bridgehead atoms. The van der Waals surface area contributed by atoms with Crippen molar-refractivity contribution in [2.45, 2.75) is 6.92 Å². The highest BCUT2D eigenvalue weighted by molar-refractivity contribution is 5.88. The van der Waals surface area contributed by atoms with Crippen molar-refractivity contribution in [3.05, 3.63) is 29.8 Å². The van der Waals surface area contributed by atoms with Gasteiger partial charge in [0.15, 0.2) is 0 Å². The predicted molar refractivity (Wildman–Crippen MR) is 55.4 cm³/mol. The summed E-state index contributed by atoms with van der Waals surface area (Å²) in [7, 11) is 0. The van der Waals surface area contributed by atoms with E-state index in [0.29, 0.717) is 0 Å². The van der Waals surface area contributed by atoms with Crippen LogP contribution in [0.4, 0.5) is 0 Å². The lowest BCUT2D eigenvalue weighted by molar-refractivity contribution is -0.137. The van der Waals surface area contributed by atoms with Crippen LogP contribution in [0.3, 0.4) is 0 Å². The van der Waals surface area contributed by atoms with E-state index >= 15 is 0 Å². The van der Waals surface area contributed by atoms with Gasteiger partial charge in [-0.1, -0.05) is 6.07 Å². The van der Waals surface area contributed by atoms with Gasteiger partial charge in [0, 0.05) is 6.08 Å². The maximum atomic E-state index is 11.0. The summed E-state index contributed by atoms with van der Waals surface area (Å²) in [6.07, 6.45) is 2.46. The third-order valence-corrected chi connectivity index (χ3v) is 1.73. The first-order chi connectivity index (χ1) is 7.15. The molecule has 0 saturated heterocycles. The van der Waals surface area contributed by atoms with Gasteiger partial charge < -0.3 is 14.9 Å². The van der Waals surface area contributed by atoms with Gasteiger partial charge in [0.2, 0.25) is 0 Å². The minimum Gasteiger partial charge on any atom is -0.507 e. The van der Waals surface area contributed by atoms with Crippen LogP contribution in [0.15, 0.2) is 24.3 Å². The summed E-state index contributed by atoms with van der Waals surface area (Å²) >= 11 is 0. The Morgan fingerprint density at radius 3 is 2.53 bits per heavy atom. The number of esters is 1. The summed E-state index contributed by atoms with van der Waals surface area (Å²) in [6.45, 7) is 1.99. The van der Waals surface area contributed by atoms with Gasteiger partial charge in [-0.15, -0.1) is 0 Å². The largest absolute Gasteiger partial charge is 0.507 e. The van der Waals surface area contributed by atoms with Crippen molar-refractivity contribution in [1.29, 1.82) is 0 Å². The standard InChI is InChI=1S/C11H12O4/c1-2-15-11(14)7-6-8-9(12)4-3-5-10(8)13/h3-7,12-13H,2H2,1H3. The molecule has 0 heterocycles. The van der Waals surface area contributed by atoms with Crippen molar-refractivity contribution >= 4 is 12.0 Å². The number of carbonyl (C=O) groups excluding carboxylic acids is 1. The predicted octanol–water partition coefficient (Wildman–Crippen LogP) is 1.67. The zero-order valence-electron chi connectivity index (χ0n) is 8.30. The summed E-state index contributed by atoms with van der Waals surface area (Å²) in [5, 5.41) is 18.7. The molecule has 1 aromatic carbocycles. The van der Waals surface area contributed by atoms with Crippen molar-refractivity contribution in [2.75, 3.05) is 6.61 Å². The molecule has 0 aliphatic carbocycles. The number of rotatable bonds is 3. The lowest BCUT2D eigenvalue weighted by Gasteiger charge is -2.01. The molecule has 2 N–H and O–H groups in total. The SMILES string of the molecule is CCOC(=O)C=Cc1c(O)cccc1O. The minimum absolute atomic E-state index is 0.0875. The molecule has 0 fully saturated rings. The van der Waals surface area contributed by atoms with Crippen LogP contribution in [0.5, 0.6) is 11.5 Å². The van der Waals surface area contributed by atoms with Gasteiger partial charge >= 0.3 is 5.97 Å². The molecule has 0 amide bonds. The number of phenols is 2. The van der Waals surface area contributed by atoms with Crippen molar-refractivity contribution in [3.63, 3.8) is 0 Å². The van der Waals surface area contributed by atoms with Crippen LogP contribution in [0.25, 0.3) is 6.08 Å². The maximum absolute atomic E-state index is 11.0. The number of carbonyl (C=O) groups is 1. The minimum atomic E-state index is -0.514. The van der Waals surface area contributed by atoms with E-state index in [2.05, 4.69) is 4.74 Å². The first kappa shape index (κ1) is 11.1. The van der Waals surface area contributed by atoms with Gasteiger partial charge in [0.1, 0.15) is 11.5 Å². The molecule has 0 aromatic heterocycles. The topological polar surface area (TPSA) is 66.8 Å². The molecular weight excluding hydrogens is 196 g/mol. The zero-order chi connectivity index (χ0) is 11.3. The van der Waals surface area contributed by atoms with Crippen molar-refractivity contribution in [3.8, 4) is 11.5 Å². The van der Waals surface area contributed by atoms with Crippen molar-refractivity contribution in [1.82, 2.24) is 0 Å². The van der Waals surface area contributed by atoms with Crippen molar-refractivity contribution in [2.24, 2.45) is 0 Å².